The van der Waals surface area contributed by atoms with Crippen LogP contribution < -0.4 is 0 Å². The first kappa shape index (κ1) is 21.4. The molecule has 0 saturated heterocycles. The van der Waals surface area contributed by atoms with Crippen molar-refractivity contribution < 1.29 is 4.48 Å². The monoisotopic (exact) mass is 309 g/mol. The summed E-state index contributed by atoms with van der Waals surface area (Å²) in [4.78, 5) is 0. The Labute approximate surface area is 140 Å². The molecule has 2 heteroatoms. The summed E-state index contributed by atoms with van der Waals surface area (Å²) >= 11 is 0. The van der Waals surface area contributed by atoms with Crippen molar-refractivity contribution in [2.24, 2.45) is 0 Å². The van der Waals surface area contributed by atoms with Crippen LogP contribution in [0, 0.1) is 11.3 Å². The molecular formula is C20H41N2+. The number of hydrogen-bond donors (Lipinski definition) is 0. The summed E-state index contributed by atoms with van der Waals surface area (Å²) in [6, 6.07) is 2.23. The van der Waals surface area contributed by atoms with E-state index in [1.165, 1.54) is 90.1 Å². The first-order chi connectivity index (χ1) is 10.6. The van der Waals surface area contributed by atoms with Gasteiger partial charge in [0.15, 0.2) is 0 Å². The SMILES string of the molecule is CCCCCCCCCCCC[N+](C)(C)CCCCCC#N. The summed E-state index contributed by atoms with van der Waals surface area (Å²) in [6.07, 6.45) is 18.5. The molecule has 0 unspecified atom stereocenters. The van der Waals surface area contributed by atoms with Gasteiger partial charge in [-0.25, -0.2) is 0 Å². The zero-order valence-electron chi connectivity index (χ0n) is 15.7. The lowest BCUT2D eigenvalue weighted by atomic mass is 10.1. The lowest BCUT2D eigenvalue weighted by molar-refractivity contribution is -0.890. The Morgan fingerprint density at radius 3 is 1.50 bits per heavy atom. The molecule has 130 valence electrons. The van der Waals surface area contributed by atoms with E-state index in [2.05, 4.69) is 27.1 Å². The average molecular weight is 310 g/mol. The van der Waals surface area contributed by atoms with Crippen LogP contribution in [0.5, 0.6) is 0 Å². The van der Waals surface area contributed by atoms with Gasteiger partial charge in [-0.15, -0.1) is 0 Å². The third-order valence-corrected chi connectivity index (χ3v) is 4.67. The van der Waals surface area contributed by atoms with E-state index < -0.39 is 0 Å². The summed E-state index contributed by atoms with van der Waals surface area (Å²) in [7, 11) is 4.72. The summed E-state index contributed by atoms with van der Waals surface area (Å²) in [5.41, 5.74) is 0. The maximum atomic E-state index is 8.53. The van der Waals surface area contributed by atoms with E-state index in [0.717, 1.165) is 17.3 Å². The molecule has 0 heterocycles. The fourth-order valence-corrected chi connectivity index (χ4v) is 3.06. The third kappa shape index (κ3) is 15.8. The zero-order valence-corrected chi connectivity index (χ0v) is 15.7. The highest BCUT2D eigenvalue weighted by Crippen LogP contribution is 2.12. The number of quaternary nitrogens is 1. The molecule has 0 N–H and O–H groups in total. The van der Waals surface area contributed by atoms with Crippen LogP contribution in [0.15, 0.2) is 0 Å². The maximum absolute atomic E-state index is 8.53. The molecule has 0 radical (unpaired) electrons. The summed E-state index contributed by atoms with van der Waals surface area (Å²) in [5.74, 6) is 0. The Kier molecular flexibility index (Phi) is 15.0. The molecule has 0 bridgehead atoms. The number of hydrogen-bond acceptors (Lipinski definition) is 1. The van der Waals surface area contributed by atoms with Gasteiger partial charge in [-0.1, -0.05) is 58.3 Å². The van der Waals surface area contributed by atoms with Crippen LogP contribution in [0.2, 0.25) is 0 Å². The van der Waals surface area contributed by atoms with Gasteiger partial charge in [-0.2, -0.15) is 5.26 Å². The molecule has 0 amide bonds. The predicted octanol–water partition coefficient (Wildman–Crippen LogP) is 6.07. The van der Waals surface area contributed by atoms with Crippen molar-refractivity contribution in [3.63, 3.8) is 0 Å². The second-order valence-corrected chi connectivity index (χ2v) is 7.53. The van der Waals surface area contributed by atoms with Crippen molar-refractivity contribution >= 4 is 0 Å². The Hall–Kier alpha value is -0.550. The molecule has 0 rings (SSSR count). The van der Waals surface area contributed by atoms with Crippen LogP contribution in [0.25, 0.3) is 0 Å². The molecule has 0 aliphatic carbocycles. The average Bonchev–Trinajstić information content (AvgIpc) is 2.49. The van der Waals surface area contributed by atoms with Crippen LogP contribution in [-0.4, -0.2) is 31.7 Å². The number of unbranched alkanes of at least 4 members (excludes halogenated alkanes) is 12. The maximum Gasteiger partial charge on any atom is 0.0782 e. The van der Waals surface area contributed by atoms with Crippen molar-refractivity contribution in [2.45, 2.75) is 96.8 Å². The fraction of sp³-hybridized carbons (Fsp3) is 0.950. The summed E-state index contributed by atoms with van der Waals surface area (Å²) in [5, 5.41) is 8.53. The second kappa shape index (κ2) is 15.3. The molecule has 22 heavy (non-hydrogen) atoms. The van der Waals surface area contributed by atoms with Crippen LogP contribution in [-0.2, 0) is 0 Å². The van der Waals surface area contributed by atoms with Gasteiger partial charge in [0.25, 0.3) is 0 Å². The van der Waals surface area contributed by atoms with Gasteiger partial charge < -0.3 is 4.48 Å². The Morgan fingerprint density at radius 1 is 0.636 bits per heavy atom. The number of rotatable bonds is 16. The van der Waals surface area contributed by atoms with Gasteiger partial charge in [0.1, 0.15) is 0 Å². The lowest BCUT2D eigenvalue weighted by Gasteiger charge is -2.30. The topological polar surface area (TPSA) is 23.8 Å². The highest BCUT2D eigenvalue weighted by molar-refractivity contribution is 4.67. The van der Waals surface area contributed by atoms with Crippen LogP contribution in [0.3, 0.4) is 0 Å². The summed E-state index contributed by atoms with van der Waals surface area (Å²) < 4.78 is 1.16. The molecule has 0 aliphatic heterocycles. The molecule has 0 saturated carbocycles. The highest BCUT2D eigenvalue weighted by Gasteiger charge is 2.13. The molecule has 0 aromatic rings. The number of nitriles is 1. The van der Waals surface area contributed by atoms with E-state index in [4.69, 9.17) is 5.26 Å². The van der Waals surface area contributed by atoms with Gasteiger partial charge in [0.2, 0.25) is 0 Å². The van der Waals surface area contributed by atoms with E-state index in [0.29, 0.717) is 0 Å². The molecule has 0 aromatic carbocycles. The third-order valence-electron chi connectivity index (χ3n) is 4.67. The van der Waals surface area contributed by atoms with Crippen LogP contribution in [0.1, 0.15) is 96.8 Å². The second-order valence-electron chi connectivity index (χ2n) is 7.53. The lowest BCUT2D eigenvalue weighted by Crippen LogP contribution is -2.41. The molecule has 2 nitrogen and oxygen atoms in total. The first-order valence-electron chi connectivity index (χ1n) is 9.81. The Balaban J connectivity index is 3.32. The van der Waals surface area contributed by atoms with Gasteiger partial charge in [-0.05, 0) is 32.1 Å². The Morgan fingerprint density at radius 2 is 1.05 bits per heavy atom. The van der Waals surface area contributed by atoms with Crippen LogP contribution >= 0.6 is 0 Å². The normalized spacial score (nSPS) is 11.5. The first-order valence-corrected chi connectivity index (χ1v) is 9.81. The minimum atomic E-state index is 0.728. The van der Waals surface area contributed by atoms with Crippen LogP contribution in [0.4, 0.5) is 0 Å². The van der Waals surface area contributed by atoms with Gasteiger partial charge in [-0.3, -0.25) is 0 Å². The minimum absolute atomic E-state index is 0.728. The van der Waals surface area contributed by atoms with E-state index in [1.54, 1.807) is 0 Å². The predicted molar refractivity (Wildman–Crippen MR) is 97.8 cm³/mol. The fourth-order valence-electron chi connectivity index (χ4n) is 3.06. The van der Waals surface area contributed by atoms with Gasteiger partial charge in [0.05, 0.1) is 33.3 Å². The smallest absolute Gasteiger partial charge is 0.0782 e. The molecular weight excluding hydrogens is 268 g/mol. The van der Waals surface area contributed by atoms with Crippen molar-refractivity contribution in [1.82, 2.24) is 0 Å². The number of nitrogens with zero attached hydrogens (tertiary/aromatic N) is 2. The highest BCUT2D eigenvalue weighted by atomic mass is 15.3. The molecule has 0 atom stereocenters. The van der Waals surface area contributed by atoms with Crippen molar-refractivity contribution in [2.75, 3.05) is 27.2 Å². The molecule has 0 aromatic heterocycles. The minimum Gasteiger partial charge on any atom is -0.328 e. The van der Waals surface area contributed by atoms with Crippen molar-refractivity contribution in [3.05, 3.63) is 0 Å². The van der Waals surface area contributed by atoms with E-state index in [-0.39, 0.29) is 0 Å². The molecule has 0 spiro atoms. The summed E-state index contributed by atoms with van der Waals surface area (Å²) in [6.45, 7) is 4.87. The van der Waals surface area contributed by atoms with Crippen molar-refractivity contribution in [1.29, 1.82) is 5.26 Å². The molecule has 0 fully saturated rings. The standard InChI is InChI=1S/C20H41N2/c1-4-5-6-7-8-9-10-11-13-16-19-22(2,3)20-17-14-12-15-18-21/h4-17,19-20H2,1-3H3/q+1. The van der Waals surface area contributed by atoms with E-state index >= 15 is 0 Å². The molecule has 0 aliphatic rings. The van der Waals surface area contributed by atoms with E-state index in [9.17, 15) is 0 Å². The quantitative estimate of drug-likeness (QED) is 0.251. The largest absolute Gasteiger partial charge is 0.328 e. The van der Waals surface area contributed by atoms with Gasteiger partial charge >= 0.3 is 0 Å². The zero-order chi connectivity index (χ0) is 16.5. The van der Waals surface area contributed by atoms with E-state index in [1.807, 2.05) is 0 Å². The van der Waals surface area contributed by atoms with Crippen molar-refractivity contribution in [3.8, 4) is 6.07 Å². The Bertz CT molecular complexity index is 265. The van der Waals surface area contributed by atoms with Gasteiger partial charge in [0, 0.05) is 6.42 Å².